The molecule has 0 bridgehead atoms. The van der Waals surface area contributed by atoms with E-state index >= 15 is 0 Å². The van der Waals surface area contributed by atoms with Crippen molar-refractivity contribution < 1.29 is 4.74 Å². The van der Waals surface area contributed by atoms with Crippen LogP contribution in [0.3, 0.4) is 0 Å². The summed E-state index contributed by atoms with van der Waals surface area (Å²) in [6.45, 7) is 4.65. The lowest BCUT2D eigenvalue weighted by Gasteiger charge is -2.21. The van der Waals surface area contributed by atoms with Crippen molar-refractivity contribution in [2.45, 2.75) is 32.6 Å². The molecule has 1 saturated heterocycles. The van der Waals surface area contributed by atoms with E-state index in [9.17, 15) is 0 Å². The Kier molecular flexibility index (Phi) is 5.24. The van der Waals surface area contributed by atoms with Crippen molar-refractivity contribution in [2.75, 3.05) is 29.9 Å². The van der Waals surface area contributed by atoms with Crippen molar-refractivity contribution in [2.24, 2.45) is 0 Å². The van der Waals surface area contributed by atoms with E-state index in [1.807, 2.05) is 31.2 Å². The maximum Gasteiger partial charge on any atom is 0.249 e. The molecule has 0 aliphatic carbocycles. The van der Waals surface area contributed by atoms with Gasteiger partial charge in [0, 0.05) is 13.1 Å². The van der Waals surface area contributed by atoms with Crippen LogP contribution < -0.4 is 15.0 Å². The Morgan fingerprint density at radius 1 is 1.13 bits per heavy atom. The summed E-state index contributed by atoms with van der Waals surface area (Å²) in [6.07, 6.45) is 6.74. The van der Waals surface area contributed by atoms with Crippen LogP contribution >= 0.6 is 0 Å². The number of para-hydroxylation sites is 2. The highest BCUT2D eigenvalue weighted by molar-refractivity contribution is 5.62. The van der Waals surface area contributed by atoms with Gasteiger partial charge in [0.2, 0.25) is 5.95 Å². The first-order chi connectivity index (χ1) is 11.4. The van der Waals surface area contributed by atoms with Crippen LogP contribution in [0.15, 0.2) is 30.5 Å². The molecule has 1 fully saturated rings. The molecule has 1 aliphatic heterocycles. The number of hydrogen-bond acceptors (Lipinski definition) is 6. The number of aromatic nitrogens is 3. The zero-order valence-electron chi connectivity index (χ0n) is 13.5. The van der Waals surface area contributed by atoms with Gasteiger partial charge in [0.05, 0.1) is 18.5 Å². The highest BCUT2D eigenvalue weighted by atomic mass is 16.5. The lowest BCUT2D eigenvalue weighted by atomic mass is 10.2. The summed E-state index contributed by atoms with van der Waals surface area (Å²) in [5.41, 5.74) is 0.851. The molecule has 0 atom stereocenters. The number of nitrogens with zero attached hydrogens (tertiary/aromatic N) is 4. The minimum absolute atomic E-state index is 0.499. The second kappa shape index (κ2) is 7.76. The molecule has 0 unspecified atom stereocenters. The molecule has 3 rings (SSSR count). The van der Waals surface area contributed by atoms with Gasteiger partial charge >= 0.3 is 0 Å². The van der Waals surface area contributed by atoms with Crippen LogP contribution in [0.5, 0.6) is 5.75 Å². The maximum atomic E-state index is 5.62. The average molecular weight is 313 g/mol. The van der Waals surface area contributed by atoms with Gasteiger partial charge in [-0.25, -0.2) is 0 Å². The topological polar surface area (TPSA) is 63.2 Å². The van der Waals surface area contributed by atoms with Gasteiger partial charge in [-0.2, -0.15) is 10.1 Å². The van der Waals surface area contributed by atoms with Crippen LogP contribution in [-0.2, 0) is 0 Å². The lowest BCUT2D eigenvalue weighted by molar-refractivity contribution is 0.342. The second-order valence-corrected chi connectivity index (χ2v) is 5.59. The molecule has 6 heteroatoms. The van der Waals surface area contributed by atoms with Gasteiger partial charge in [-0.15, -0.1) is 5.10 Å². The van der Waals surface area contributed by atoms with Gasteiger partial charge in [0.25, 0.3) is 0 Å². The Morgan fingerprint density at radius 2 is 1.91 bits per heavy atom. The van der Waals surface area contributed by atoms with Crippen LogP contribution in [0.2, 0.25) is 0 Å². The van der Waals surface area contributed by atoms with E-state index < -0.39 is 0 Å². The quantitative estimate of drug-likeness (QED) is 0.913. The van der Waals surface area contributed by atoms with Crippen LogP contribution in [0.25, 0.3) is 0 Å². The maximum absolute atomic E-state index is 5.62. The van der Waals surface area contributed by atoms with E-state index in [0.29, 0.717) is 12.6 Å². The SMILES string of the molecule is CCOc1ccccc1Nc1nncc(N2CCCCCC2)n1. The third kappa shape index (κ3) is 4.09. The van der Waals surface area contributed by atoms with Gasteiger partial charge < -0.3 is 15.0 Å². The normalized spacial score (nSPS) is 15.1. The Morgan fingerprint density at radius 3 is 2.70 bits per heavy atom. The van der Waals surface area contributed by atoms with Crippen molar-refractivity contribution in [1.82, 2.24) is 15.2 Å². The molecule has 1 aromatic heterocycles. The van der Waals surface area contributed by atoms with Crippen molar-refractivity contribution in [3.05, 3.63) is 30.5 Å². The molecule has 0 radical (unpaired) electrons. The Balaban J connectivity index is 1.77. The van der Waals surface area contributed by atoms with Crippen molar-refractivity contribution in [1.29, 1.82) is 0 Å². The Hall–Kier alpha value is -2.37. The van der Waals surface area contributed by atoms with E-state index in [0.717, 1.165) is 30.3 Å². The van der Waals surface area contributed by atoms with Crippen molar-refractivity contribution in [3.63, 3.8) is 0 Å². The minimum atomic E-state index is 0.499. The highest BCUT2D eigenvalue weighted by Crippen LogP contribution is 2.26. The molecule has 1 aliphatic rings. The molecule has 23 heavy (non-hydrogen) atoms. The fraction of sp³-hybridized carbons (Fsp3) is 0.471. The molecule has 0 amide bonds. The molecule has 1 aromatic carbocycles. The molecular formula is C17H23N5O. The molecule has 1 N–H and O–H groups in total. The van der Waals surface area contributed by atoms with Gasteiger partial charge in [0.1, 0.15) is 5.75 Å². The standard InChI is InChI=1S/C17H23N5O/c1-2-23-15-10-6-5-9-14(15)19-17-20-16(13-18-21-17)22-11-7-3-4-8-12-22/h5-6,9-10,13H,2-4,7-8,11-12H2,1H3,(H,19,20,21). The first-order valence-corrected chi connectivity index (χ1v) is 8.30. The monoisotopic (exact) mass is 313 g/mol. The summed E-state index contributed by atoms with van der Waals surface area (Å²) >= 11 is 0. The highest BCUT2D eigenvalue weighted by Gasteiger charge is 2.13. The Labute approximate surface area is 136 Å². The molecule has 0 saturated carbocycles. The number of benzene rings is 1. The largest absolute Gasteiger partial charge is 0.492 e. The predicted octanol–water partition coefficient (Wildman–Crippen LogP) is 3.39. The number of nitrogens with one attached hydrogen (secondary N) is 1. The molecule has 6 nitrogen and oxygen atoms in total. The van der Waals surface area contributed by atoms with E-state index in [4.69, 9.17) is 4.74 Å². The average Bonchev–Trinajstić information content (AvgIpc) is 2.87. The minimum Gasteiger partial charge on any atom is -0.492 e. The summed E-state index contributed by atoms with van der Waals surface area (Å²) in [7, 11) is 0. The van der Waals surface area contributed by atoms with E-state index in [1.165, 1.54) is 25.7 Å². The second-order valence-electron chi connectivity index (χ2n) is 5.59. The van der Waals surface area contributed by atoms with Gasteiger partial charge in [-0.1, -0.05) is 25.0 Å². The fourth-order valence-corrected chi connectivity index (χ4v) is 2.77. The first-order valence-electron chi connectivity index (χ1n) is 8.30. The van der Waals surface area contributed by atoms with Crippen LogP contribution in [0.1, 0.15) is 32.6 Å². The summed E-state index contributed by atoms with van der Waals surface area (Å²) < 4.78 is 5.62. The third-order valence-corrected chi connectivity index (χ3v) is 3.91. The molecule has 0 spiro atoms. The summed E-state index contributed by atoms with van der Waals surface area (Å²) in [4.78, 5) is 6.91. The molecular weight excluding hydrogens is 290 g/mol. The Bertz CT molecular complexity index is 626. The van der Waals surface area contributed by atoms with E-state index in [1.54, 1.807) is 6.20 Å². The zero-order valence-corrected chi connectivity index (χ0v) is 13.5. The van der Waals surface area contributed by atoms with Gasteiger partial charge in [-0.05, 0) is 31.9 Å². The smallest absolute Gasteiger partial charge is 0.249 e. The molecule has 2 aromatic rings. The van der Waals surface area contributed by atoms with E-state index in [2.05, 4.69) is 25.4 Å². The van der Waals surface area contributed by atoms with Crippen LogP contribution in [-0.4, -0.2) is 34.9 Å². The van der Waals surface area contributed by atoms with Crippen LogP contribution in [0, 0.1) is 0 Å². The lowest BCUT2D eigenvalue weighted by Crippen LogP contribution is -2.25. The van der Waals surface area contributed by atoms with Crippen molar-refractivity contribution >= 4 is 17.5 Å². The number of ether oxygens (including phenoxy) is 1. The van der Waals surface area contributed by atoms with Crippen LogP contribution in [0.4, 0.5) is 17.5 Å². The number of rotatable bonds is 5. The van der Waals surface area contributed by atoms with Crippen molar-refractivity contribution in [3.8, 4) is 5.75 Å². The van der Waals surface area contributed by atoms with Gasteiger partial charge in [0.15, 0.2) is 5.82 Å². The first kappa shape index (κ1) is 15.5. The predicted molar refractivity (Wildman–Crippen MR) is 91.4 cm³/mol. The van der Waals surface area contributed by atoms with Gasteiger partial charge in [-0.3, -0.25) is 0 Å². The summed E-state index contributed by atoms with van der Waals surface area (Å²) in [6, 6.07) is 7.78. The molecule has 122 valence electrons. The molecule has 2 heterocycles. The van der Waals surface area contributed by atoms with E-state index in [-0.39, 0.29) is 0 Å². The summed E-state index contributed by atoms with van der Waals surface area (Å²) in [5, 5.41) is 11.4. The number of hydrogen-bond donors (Lipinski definition) is 1. The zero-order chi connectivity index (χ0) is 15.9. The third-order valence-electron chi connectivity index (χ3n) is 3.91. The fourth-order valence-electron chi connectivity index (χ4n) is 2.77. The summed E-state index contributed by atoms with van der Waals surface area (Å²) in [5.74, 6) is 2.18. The number of anilines is 3.